The normalized spacial score (nSPS) is 17.9. The number of fused-ring (bicyclic) bond motifs is 6. The van der Waals surface area contributed by atoms with Crippen LogP contribution in [-0.2, 0) is 6.42 Å². The van der Waals surface area contributed by atoms with Gasteiger partial charge in [-0.15, -0.1) is 0 Å². The molecule has 1 unspecified atom stereocenters. The standard InChI is InChI=1S/C29H23N3/c1-5-14-24-20(10-1)21-11-2-6-15-25(21)31(24)28-18-9-19-29(30-28)32-26-16-7-3-12-22(26)23-13-4-8-17-27(23)32/h1-7,9-16,19,28H,8,17-18H2. The summed E-state index contributed by atoms with van der Waals surface area (Å²) in [6.07, 6.45) is 12.1. The van der Waals surface area contributed by atoms with Gasteiger partial charge >= 0.3 is 0 Å². The molecular weight excluding hydrogens is 390 g/mol. The number of nitrogens with zero attached hydrogens (tertiary/aromatic N) is 3. The van der Waals surface area contributed by atoms with Crippen LogP contribution in [0.15, 0.2) is 96.0 Å². The van der Waals surface area contributed by atoms with Crippen molar-refractivity contribution in [2.45, 2.75) is 25.4 Å². The van der Waals surface area contributed by atoms with Crippen LogP contribution in [0.3, 0.4) is 0 Å². The van der Waals surface area contributed by atoms with Crippen LogP contribution in [0.1, 0.15) is 30.3 Å². The van der Waals surface area contributed by atoms with Crippen molar-refractivity contribution >= 4 is 44.6 Å². The predicted octanol–water partition coefficient (Wildman–Crippen LogP) is 7.11. The van der Waals surface area contributed by atoms with Gasteiger partial charge in [0.05, 0.1) is 16.6 Å². The zero-order valence-corrected chi connectivity index (χ0v) is 17.8. The molecule has 3 nitrogen and oxygen atoms in total. The van der Waals surface area contributed by atoms with E-state index in [-0.39, 0.29) is 6.17 Å². The molecule has 1 aliphatic carbocycles. The first kappa shape index (κ1) is 17.8. The summed E-state index contributed by atoms with van der Waals surface area (Å²) in [5.41, 5.74) is 6.47. The van der Waals surface area contributed by atoms with Crippen LogP contribution in [0.5, 0.6) is 0 Å². The van der Waals surface area contributed by atoms with Gasteiger partial charge in [-0.1, -0.05) is 72.8 Å². The van der Waals surface area contributed by atoms with Gasteiger partial charge in [-0.05, 0) is 37.1 Å². The molecule has 0 bridgehead atoms. The summed E-state index contributed by atoms with van der Waals surface area (Å²) in [5.74, 6) is 1.04. The first-order valence-electron chi connectivity index (χ1n) is 11.4. The highest BCUT2D eigenvalue weighted by molar-refractivity contribution is 6.09. The van der Waals surface area contributed by atoms with Crippen LogP contribution in [0.25, 0.3) is 38.8 Å². The van der Waals surface area contributed by atoms with Crippen LogP contribution < -0.4 is 0 Å². The average molecular weight is 414 g/mol. The van der Waals surface area contributed by atoms with Crippen molar-refractivity contribution in [3.8, 4) is 0 Å². The van der Waals surface area contributed by atoms with Crippen LogP contribution in [-0.4, -0.2) is 15.0 Å². The van der Waals surface area contributed by atoms with Crippen molar-refractivity contribution in [1.29, 1.82) is 0 Å². The molecule has 3 heterocycles. The van der Waals surface area contributed by atoms with Gasteiger partial charge in [0, 0.05) is 33.8 Å². The molecule has 3 heteroatoms. The molecular formula is C29H23N3. The molecule has 32 heavy (non-hydrogen) atoms. The van der Waals surface area contributed by atoms with E-state index in [1.807, 2.05) is 0 Å². The molecule has 0 spiro atoms. The summed E-state index contributed by atoms with van der Waals surface area (Å²) in [5, 5.41) is 3.90. The number of para-hydroxylation sites is 3. The van der Waals surface area contributed by atoms with E-state index in [4.69, 9.17) is 4.99 Å². The molecule has 0 amide bonds. The fraction of sp³-hybridized carbons (Fsp3) is 0.138. The summed E-state index contributed by atoms with van der Waals surface area (Å²) in [7, 11) is 0. The minimum absolute atomic E-state index is 0.0377. The van der Waals surface area contributed by atoms with E-state index in [9.17, 15) is 0 Å². The summed E-state index contributed by atoms with van der Waals surface area (Å²) in [4.78, 5) is 5.36. The average Bonchev–Trinajstić information content (AvgIpc) is 3.37. The second kappa shape index (κ2) is 6.83. The molecule has 0 fully saturated rings. The quantitative estimate of drug-likeness (QED) is 0.279. The van der Waals surface area contributed by atoms with Crippen molar-refractivity contribution in [2.24, 2.45) is 4.99 Å². The van der Waals surface area contributed by atoms with E-state index >= 15 is 0 Å². The second-order valence-corrected chi connectivity index (χ2v) is 8.66. The Morgan fingerprint density at radius 1 is 0.688 bits per heavy atom. The number of benzene rings is 3. The first-order chi connectivity index (χ1) is 15.9. The summed E-state index contributed by atoms with van der Waals surface area (Å²) >= 11 is 0. The minimum Gasteiger partial charge on any atom is -0.317 e. The highest BCUT2D eigenvalue weighted by Gasteiger charge is 2.23. The molecule has 0 saturated heterocycles. The maximum absolute atomic E-state index is 5.36. The highest BCUT2D eigenvalue weighted by Crippen LogP contribution is 2.36. The van der Waals surface area contributed by atoms with E-state index in [0.29, 0.717) is 0 Å². The molecule has 0 N–H and O–H groups in total. The Balaban J connectivity index is 1.47. The van der Waals surface area contributed by atoms with E-state index in [1.54, 1.807) is 0 Å². The third-order valence-electron chi connectivity index (χ3n) is 6.89. The Kier molecular flexibility index (Phi) is 3.80. The third kappa shape index (κ3) is 2.45. The Hall–Kier alpha value is -3.85. The SMILES string of the molecule is C1=Cc2c(n(C3=NC(n4c5ccccc5c5ccccc54)CC=C3)c3ccccc23)CC1. The lowest BCUT2D eigenvalue weighted by Gasteiger charge is -2.22. The smallest absolute Gasteiger partial charge is 0.134 e. The lowest BCUT2D eigenvalue weighted by atomic mass is 10.0. The molecule has 0 radical (unpaired) electrons. The van der Waals surface area contributed by atoms with Crippen LogP contribution >= 0.6 is 0 Å². The van der Waals surface area contributed by atoms with E-state index in [2.05, 4.69) is 106 Å². The van der Waals surface area contributed by atoms with E-state index in [0.717, 1.165) is 25.1 Å². The zero-order chi connectivity index (χ0) is 21.1. The van der Waals surface area contributed by atoms with Gasteiger partial charge in [-0.2, -0.15) is 0 Å². The molecule has 1 aliphatic heterocycles. The minimum atomic E-state index is 0.0377. The summed E-state index contributed by atoms with van der Waals surface area (Å²) in [6, 6.07) is 26.1. The van der Waals surface area contributed by atoms with E-state index < -0.39 is 0 Å². The van der Waals surface area contributed by atoms with Crippen molar-refractivity contribution in [3.05, 3.63) is 102 Å². The van der Waals surface area contributed by atoms with Crippen molar-refractivity contribution in [3.63, 3.8) is 0 Å². The van der Waals surface area contributed by atoms with Gasteiger partial charge < -0.3 is 4.57 Å². The topological polar surface area (TPSA) is 22.2 Å². The third-order valence-corrected chi connectivity index (χ3v) is 6.89. The lowest BCUT2D eigenvalue weighted by Crippen LogP contribution is -2.19. The number of aromatic nitrogens is 2. The fourth-order valence-electron chi connectivity index (χ4n) is 5.55. The summed E-state index contributed by atoms with van der Waals surface area (Å²) in [6.45, 7) is 0. The highest BCUT2D eigenvalue weighted by atomic mass is 15.2. The zero-order valence-electron chi connectivity index (χ0n) is 17.8. The van der Waals surface area contributed by atoms with Gasteiger partial charge in [-0.3, -0.25) is 4.57 Å². The molecule has 5 aromatic rings. The number of rotatable bonds is 1. The maximum Gasteiger partial charge on any atom is 0.134 e. The molecule has 7 rings (SSSR count). The van der Waals surface area contributed by atoms with Crippen LogP contribution in [0.4, 0.5) is 0 Å². The lowest BCUT2D eigenvalue weighted by molar-refractivity contribution is 0.557. The van der Waals surface area contributed by atoms with Crippen molar-refractivity contribution in [1.82, 2.24) is 9.13 Å². The Labute approximate surface area is 186 Å². The Morgan fingerprint density at radius 3 is 2.09 bits per heavy atom. The van der Waals surface area contributed by atoms with Gasteiger partial charge in [-0.25, -0.2) is 4.99 Å². The van der Waals surface area contributed by atoms with Crippen LogP contribution in [0.2, 0.25) is 0 Å². The predicted molar refractivity (Wildman–Crippen MR) is 134 cm³/mol. The van der Waals surface area contributed by atoms with Gasteiger partial charge in [0.15, 0.2) is 0 Å². The molecule has 2 aromatic heterocycles. The monoisotopic (exact) mass is 413 g/mol. The number of allylic oxidation sites excluding steroid dienone is 2. The number of hydrogen-bond acceptors (Lipinski definition) is 1. The number of aliphatic imine (C=N–C) groups is 1. The number of hydrogen-bond donors (Lipinski definition) is 0. The first-order valence-corrected chi connectivity index (χ1v) is 11.4. The van der Waals surface area contributed by atoms with Crippen molar-refractivity contribution < 1.29 is 0 Å². The van der Waals surface area contributed by atoms with Gasteiger partial charge in [0.2, 0.25) is 0 Å². The van der Waals surface area contributed by atoms with Crippen molar-refractivity contribution in [2.75, 3.05) is 0 Å². The largest absolute Gasteiger partial charge is 0.317 e. The van der Waals surface area contributed by atoms with E-state index in [1.165, 1.54) is 44.0 Å². The fourth-order valence-corrected chi connectivity index (χ4v) is 5.55. The maximum atomic E-state index is 5.36. The molecule has 3 aromatic carbocycles. The molecule has 1 atom stereocenters. The molecule has 154 valence electrons. The Bertz CT molecular complexity index is 1550. The summed E-state index contributed by atoms with van der Waals surface area (Å²) < 4.78 is 4.82. The molecule has 0 saturated carbocycles. The Morgan fingerprint density at radius 2 is 1.34 bits per heavy atom. The van der Waals surface area contributed by atoms with Crippen LogP contribution in [0, 0.1) is 0 Å². The second-order valence-electron chi connectivity index (χ2n) is 8.66. The van der Waals surface area contributed by atoms with Gasteiger partial charge in [0.25, 0.3) is 0 Å². The number of dihydropyridines is 1. The van der Waals surface area contributed by atoms with Gasteiger partial charge in [0.1, 0.15) is 12.0 Å². The molecule has 2 aliphatic rings.